The van der Waals surface area contributed by atoms with Crippen LogP contribution in [-0.4, -0.2) is 43.3 Å². The maximum atomic E-state index is 14.6. The van der Waals surface area contributed by atoms with Crippen LogP contribution in [0.1, 0.15) is 43.0 Å². The molecule has 0 radical (unpaired) electrons. The predicted molar refractivity (Wildman–Crippen MR) is 186 cm³/mol. The highest BCUT2D eigenvalue weighted by molar-refractivity contribution is 7.92. The van der Waals surface area contributed by atoms with Crippen molar-refractivity contribution >= 4 is 50.7 Å². The Hall–Kier alpha value is -3.85. The first-order valence-electron chi connectivity index (χ1n) is 14.9. The highest BCUT2D eigenvalue weighted by Gasteiger charge is 2.36. The molecule has 242 valence electrons. The van der Waals surface area contributed by atoms with Crippen LogP contribution in [0.4, 0.5) is 5.69 Å². The third-order valence-electron chi connectivity index (χ3n) is 7.40. The van der Waals surface area contributed by atoms with Gasteiger partial charge in [0.15, 0.2) is 0 Å². The summed E-state index contributed by atoms with van der Waals surface area (Å²) in [6.45, 7) is 8.59. The van der Waals surface area contributed by atoms with E-state index in [1.165, 1.54) is 23.1 Å². The lowest BCUT2D eigenvalue weighted by molar-refractivity contribution is -0.140. The molecular weight excluding hydrogens is 641 g/mol. The number of sulfonamides is 1. The first-order chi connectivity index (χ1) is 21.7. The molecule has 0 saturated carbocycles. The summed E-state index contributed by atoms with van der Waals surface area (Å²) in [6.07, 6.45) is 0.194. The Balaban J connectivity index is 1.86. The molecule has 0 spiro atoms. The second kappa shape index (κ2) is 14.7. The van der Waals surface area contributed by atoms with Gasteiger partial charge in [-0.25, -0.2) is 8.42 Å². The van der Waals surface area contributed by atoms with E-state index in [0.717, 1.165) is 15.4 Å². The van der Waals surface area contributed by atoms with Crippen molar-refractivity contribution < 1.29 is 18.0 Å². The molecule has 0 bridgehead atoms. The van der Waals surface area contributed by atoms with Gasteiger partial charge in [-0.05, 0) is 81.6 Å². The van der Waals surface area contributed by atoms with Gasteiger partial charge in [-0.1, -0.05) is 95.5 Å². The van der Waals surface area contributed by atoms with E-state index in [9.17, 15) is 18.0 Å². The van der Waals surface area contributed by atoms with E-state index in [4.69, 9.17) is 23.2 Å². The van der Waals surface area contributed by atoms with Crippen LogP contribution in [0.15, 0.2) is 102 Å². The summed E-state index contributed by atoms with van der Waals surface area (Å²) in [7, 11) is -4.25. The smallest absolute Gasteiger partial charge is 0.264 e. The Bertz CT molecular complexity index is 1790. The normalized spacial score (nSPS) is 12.3. The molecule has 7 nitrogen and oxygen atoms in total. The molecule has 4 rings (SSSR count). The first-order valence-corrected chi connectivity index (χ1v) is 17.1. The first kappa shape index (κ1) is 35.0. The maximum absolute atomic E-state index is 14.6. The molecule has 1 atom stereocenters. The molecule has 2 amide bonds. The van der Waals surface area contributed by atoms with Crippen LogP contribution in [-0.2, 0) is 32.6 Å². The number of halogens is 2. The average molecular weight is 681 g/mol. The van der Waals surface area contributed by atoms with E-state index < -0.39 is 34.1 Å². The molecule has 0 unspecified atom stereocenters. The Kier molecular flexibility index (Phi) is 11.2. The second-order valence-electron chi connectivity index (χ2n) is 12.3. The zero-order valence-corrected chi connectivity index (χ0v) is 29.0. The summed E-state index contributed by atoms with van der Waals surface area (Å²) in [5, 5.41) is 3.76. The van der Waals surface area contributed by atoms with Crippen LogP contribution in [0.2, 0.25) is 10.0 Å². The van der Waals surface area contributed by atoms with Gasteiger partial charge in [-0.3, -0.25) is 13.9 Å². The summed E-state index contributed by atoms with van der Waals surface area (Å²) >= 11 is 12.9. The SMILES string of the molecule is Cc1ccc(S(=O)(=O)N(CC(=O)N(Cc2ccccc2Cl)[C@@H](Cc2ccccc2)C(=O)NC(C)(C)C)c2cc(Cl)ccc2C)cc1. The zero-order valence-electron chi connectivity index (χ0n) is 26.6. The molecule has 0 saturated heterocycles. The molecule has 0 aliphatic heterocycles. The Labute approximate surface area is 282 Å². The molecule has 0 aromatic heterocycles. The number of nitrogens with zero attached hydrogens (tertiary/aromatic N) is 2. The maximum Gasteiger partial charge on any atom is 0.264 e. The third kappa shape index (κ3) is 8.90. The van der Waals surface area contributed by atoms with E-state index >= 15 is 0 Å². The average Bonchev–Trinajstić information content (AvgIpc) is 2.99. The van der Waals surface area contributed by atoms with E-state index in [0.29, 0.717) is 21.2 Å². The lowest BCUT2D eigenvalue weighted by Gasteiger charge is -2.35. The molecule has 0 heterocycles. The summed E-state index contributed by atoms with van der Waals surface area (Å²) in [5.74, 6) is -0.955. The number of anilines is 1. The summed E-state index contributed by atoms with van der Waals surface area (Å²) in [5.41, 5.74) is 2.62. The number of aryl methyl sites for hydroxylation is 2. The molecule has 1 N–H and O–H groups in total. The van der Waals surface area contributed by atoms with Gasteiger partial charge >= 0.3 is 0 Å². The monoisotopic (exact) mass is 679 g/mol. The summed E-state index contributed by atoms with van der Waals surface area (Å²) in [4.78, 5) is 30.1. The summed E-state index contributed by atoms with van der Waals surface area (Å²) < 4.78 is 29.6. The lowest BCUT2D eigenvalue weighted by Crippen LogP contribution is -2.56. The number of hydrogen-bond donors (Lipinski definition) is 1. The number of benzene rings is 4. The molecule has 46 heavy (non-hydrogen) atoms. The van der Waals surface area contributed by atoms with Crippen molar-refractivity contribution in [1.82, 2.24) is 10.2 Å². The van der Waals surface area contributed by atoms with Gasteiger partial charge in [0.25, 0.3) is 10.0 Å². The van der Waals surface area contributed by atoms with E-state index in [1.807, 2.05) is 58.0 Å². The molecule has 0 aliphatic rings. The highest BCUT2D eigenvalue weighted by Crippen LogP contribution is 2.31. The minimum absolute atomic E-state index is 0.0224. The minimum atomic E-state index is -4.25. The number of carbonyl (C=O) groups excluding carboxylic acids is 2. The number of amides is 2. The van der Waals surface area contributed by atoms with Gasteiger partial charge < -0.3 is 10.2 Å². The van der Waals surface area contributed by atoms with Crippen LogP contribution >= 0.6 is 23.2 Å². The highest BCUT2D eigenvalue weighted by atomic mass is 35.5. The largest absolute Gasteiger partial charge is 0.350 e. The van der Waals surface area contributed by atoms with E-state index in [2.05, 4.69) is 5.32 Å². The molecular formula is C36H39Cl2N3O4S. The van der Waals surface area contributed by atoms with Gasteiger partial charge in [0.05, 0.1) is 10.6 Å². The summed E-state index contributed by atoms with van der Waals surface area (Å²) in [6, 6.07) is 26.8. The van der Waals surface area contributed by atoms with Crippen LogP contribution in [0.25, 0.3) is 0 Å². The minimum Gasteiger partial charge on any atom is -0.350 e. The molecule has 10 heteroatoms. The number of carbonyl (C=O) groups is 2. The van der Waals surface area contributed by atoms with Gasteiger partial charge in [-0.15, -0.1) is 0 Å². The molecule has 4 aromatic carbocycles. The van der Waals surface area contributed by atoms with Crippen molar-refractivity contribution in [3.63, 3.8) is 0 Å². The Morgan fingerprint density at radius 2 is 1.48 bits per heavy atom. The fourth-order valence-corrected chi connectivity index (χ4v) is 6.85. The quantitative estimate of drug-likeness (QED) is 0.179. The van der Waals surface area contributed by atoms with Crippen molar-refractivity contribution in [2.75, 3.05) is 10.8 Å². The van der Waals surface area contributed by atoms with Crippen LogP contribution in [0.5, 0.6) is 0 Å². The fourth-order valence-electron chi connectivity index (χ4n) is 5.02. The van der Waals surface area contributed by atoms with Gasteiger partial charge in [0.2, 0.25) is 11.8 Å². The van der Waals surface area contributed by atoms with E-state index in [1.54, 1.807) is 55.5 Å². The van der Waals surface area contributed by atoms with Crippen LogP contribution in [0, 0.1) is 13.8 Å². The predicted octanol–water partition coefficient (Wildman–Crippen LogP) is 7.36. The number of rotatable bonds is 11. The van der Waals surface area contributed by atoms with Crippen molar-refractivity contribution in [2.24, 2.45) is 0 Å². The number of hydrogen-bond acceptors (Lipinski definition) is 4. The van der Waals surface area contributed by atoms with Crippen molar-refractivity contribution in [1.29, 1.82) is 0 Å². The van der Waals surface area contributed by atoms with Gasteiger partial charge in [0, 0.05) is 28.5 Å². The van der Waals surface area contributed by atoms with Gasteiger partial charge in [0.1, 0.15) is 12.6 Å². The van der Waals surface area contributed by atoms with Crippen LogP contribution < -0.4 is 9.62 Å². The second-order valence-corrected chi connectivity index (χ2v) is 15.0. The van der Waals surface area contributed by atoms with Crippen molar-refractivity contribution in [3.8, 4) is 0 Å². The van der Waals surface area contributed by atoms with Gasteiger partial charge in [-0.2, -0.15) is 0 Å². The molecule has 4 aromatic rings. The number of nitrogens with one attached hydrogen (secondary N) is 1. The zero-order chi connectivity index (χ0) is 33.6. The van der Waals surface area contributed by atoms with Crippen molar-refractivity contribution in [2.45, 2.75) is 64.1 Å². The van der Waals surface area contributed by atoms with Crippen LogP contribution in [0.3, 0.4) is 0 Å². The lowest BCUT2D eigenvalue weighted by atomic mass is 10.0. The Morgan fingerprint density at radius 1 is 0.848 bits per heavy atom. The molecule has 0 fully saturated rings. The topological polar surface area (TPSA) is 86.8 Å². The van der Waals surface area contributed by atoms with Crippen molar-refractivity contribution in [3.05, 3.63) is 129 Å². The van der Waals surface area contributed by atoms with E-state index in [-0.39, 0.29) is 29.5 Å². The third-order valence-corrected chi connectivity index (χ3v) is 9.77. The Morgan fingerprint density at radius 3 is 2.11 bits per heavy atom. The fraction of sp³-hybridized carbons (Fsp3) is 0.278. The standard InChI is InChI=1S/C36H39Cl2N3O4S/c1-25-15-19-30(20-16-25)46(44,45)41(32-22-29(37)18-17-26(32)2)24-34(42)40(23-28-13-9-10-14-31(28)38)33(35(43)39-36(3,4)5)21-27-11-7-6-8-12-27/h6-20,22,33H,21,23-24H2,1-5H3,(H,39,43)/t33-/m0/s1. The molecule has 0 aliphatic carbocycles.